The summed E-state index contributed by atoms with van der Waals surface area (Å²) >= 11 is 1.62. The minimum Gasteiger partial charge on any atom is -0.382 e. The summed E-state index contributed by atoms with van der Waals surface area (Å²) in [7, 11) is -3.53. The minimum absolute atomic E-state index is 0.0238. The van der Waals surface area contributed by atoms with Gasteiger partial charge in [-0.15, -0.1) is 0 Å². The van der Waals surface area contributed by atoms with Crippen LogP contribution in [0.25, 0.3) is 0 Å². The van der Waals surface area contributed by atoms with Crippen molar-refractivity contribution in [2.24, 2.45) is 0 Å². The Morgan fingerprint density at radius 2 is 1.52 bits per heavy atom. The van der Waals surface area contributed by atoms with Crippen LogP contribution in [0.15, 0.2) is 24.3 Å². The van der Waals surface area contributed by atoms with E-state index < -0.39 is 10.1 Å². The van der Waals surface area contributed by atoms with Gasteiger partial charge in [-0.3, -0.25) is 0 Å². The zero-order valence-corrected chi connectivity index (χ0v) is 15.4. The second kappa shape index (κ2) is 6.61. The summed E-state index contributed by atoms with van der Waals surface area (Å²) in [6.07, 6.45) is 0. The Hall–Kier alpha value is -0.680. The highest BCUT2D eigenvalue weighted by Crippen LogP contribution is 2.26. The standard InChI is InChI=1S/C16H26O3S2/c1-15(2,3)13-7-9-14(10-8-13)19-21(17,18)12-11-20-16(4,5)6/h7-10H,11-12H2,1-6H3. The Kier molecular flexibility index (Phi) is 5.78. The van der Waals surface area contributed by atoms with Crippen molar-refractivity contribution in [3.63, 3.8) is 0 Å². The Bertz CT molecular complexity index is 547. The molecule has 3 nitrogen and oxygen atoms in total. The molecule has 1 aromatic carbocycles. The summed E-state index contributed by atoms with van der Waals surface area (Å²) in [6.45, 7) is 12.5. The van der Waals surface area contributed by atoms with E-state index in [1.807, 2.05) is 12.1 Å². The third-order valence-corrected chi connectivity index (χ3v) is 5.50. The van der Waals surface area contributed by atoms with E-state index in [1.54, 1.807) is 23.9 Å². The van der Waals surface area contributed by atoms with Crippen molar-refractivity contribution < 1.29 is 12.6 Å². The quantitative estimate of drug-likeness (QED) is 0.758. The predicted octanol–water partition coefficient (Wildman–Crippen LogP) is 4.22. The molecule has 0 aliphatic carbocycles. The van der Waals surface area contributed by atoms with Crippen LogP contribution in [0.3, 0.4) is 0 Å². The van der Waals surface area contributed by atoms with Gasteiger partial charge >= 0.3 is 10.1 Å². The van der Waals surface area contributed by atoms with Gasteiger partial charge < -0.3 is 4.18 Å². The van der Waals surface area contributed by atoms with Crippen molar-refractivity contribution in [1.29, 1.82) is 0 Å². The lowest BCUT2D eigenvalue weighted by atomic mass is 9.87. The van der Waals surface area contributed by atoms with Gasteiger partial charge in [0.1, 0.15) is 5.75 Å². The molecule has 0 saturated heterocycles. The van der Waals surface area contributed by atoms with Gasteiger partial charge in [0.2, 0.25) is 0 Å². The molecular formula is C16H26O3S2. The molecule has 120 valence electrons. The molecule has 0 fully saturated rings. The molecule has 1 rings (SSSR count). The van der Waals surface area contributed by atoms with Gasteiger partial charge in [-0.2, -0.15) is 20.2 Å². The lowest BCUT2D eigenvalue weighted by molar-refractivity contribution is 0.487. The van der Waals surface area contributed by atoms with Crippen molar-refractivity contribution in [3.05, 3.63) is 29.8 Å². The Morgan fingerprint density at radius 3 is 1.95 bits per heavy atom. The number of rotatable bonds is 5. The van der Waals surface area contributed by atoms with E-state index in [0.29, 0.717) is 11.5 Å². The minimum atomic E-state index is -3.53. The van der Waals surface area contributed by atoms with Crippen LogP contribution in [0.1, 0.15) is 47.1 Å². The molecule has 0 amide bonds. The first-order chi connectivity index (χ1) is 9.39. The van der Waals surface area contributed by atoms with Crippen LogP contribution in [0.2, 0.25) is 0 Å². The zero-order chi connectivity index (χ0) is 16.3. The van der Waals surface area contributed by atoms with Gasteiger partial charge in [0.15, 0.2) is 0 Å². The molecule has 0 bridgehead atoms. The highest BCUT2D eigenvalue weighted by Gasteiger charge is 2.18. The zero-order valence-electron chi connectivity index (χ0n) is 13.8. The number of hydrogen-bond acceptors (Lipinski definition) is 4. The second-order valence-electron chi connectivity index (χ2n) is 7.08. The van der Waals surface area contributed by atoms with E-state index in [9.17, 15) is 8.42 Å². The summed E-state index contributed by atoms with van der Waals surface area (Å²) in [5.41, 5.74) is 1.19. The Morgan fingerprint density at radius 1 is 1.00 bits per heavy atom. The van der Waals surface area contributed by atoms with Gasteiger partial charge in [0.25, 0.3) is 0 Å². The smallest absolute Gasteiger partial charge is 0.309 e. The summed E-state index contributed by atoms with van der Waals surface area (Å²) in [5, 5.41) is 0. The molecule has 0 unspecified atom stereocenters. The molecule has 0 heterocycles. The topological polar surface area (TPSA) is 43.4 Å². The molecule has 0 radical (unpaired) electrons. The fraction of sp³-hybridized carbons (Fsp3) is 0.625. The van der Waals surface area contributed by atoms with Crippen LogP contribution in [0, 0.1) is 0 Å². The maximum atomic E-state index is 11.9. The van der Waals surface area contributed by atoms with E-state index in [0.717, 1.165) is 5.56 Å². The summed E-state index contributed by atoms with van der Waals surface area (Å²) in [5.74, 6) is 0.936. The van der Waals surface area contributed by atoms with Crippen molar-refractivity contribution >= 4 is 21.9 Å². The van der Waals surface area contributed by atoms with E-state index in [-0.39, 0.29) is 15.9 Å². The van der Waals surface area contributed by atoms with Gasteiger partial charge in [-0.1, -0.05) is 53.7 Å². The van der Waals surface area contributed by atoms with Crippen LogP contribution in [-0.4, -0.2) is 24.7 Å². The van der Waals surface area contributed by atoms with Crippen LogP contribution in [-0.2, 0) is 15.5 Å². The Labute approximate surface area is 133 Å². The van der Waals surface area contributed by atoms with Gasteiger partial charge in [0.05, 0.1) is 5.75 Å². The van der Waals surface area contributed by atoms with Crippen LogP contribution in [0.5, 0.6) is 5.75 Å². The van der Waals surface area contributed by atoms with Crippen molar-refractivity contribution in [3.8, 4) is 5.75 Å². The molecule has 0 aromatic heterocycles. The lowest BCUT2D eigenvalue weighted by Gasteiger charge is -2.19. The number of thioether (sulfide) groups is 1. The maximum Gasteiger partial charge on any atom is 0.309 e. The average molecular weight is 331 g/mol. The molecule has 1 aromatic rings. The van der Waals surface area contributed by atoms with Crippen LogP contribution < -0.4 is 4.18 Å². The van der Waals surface area contributed by atoms with Gasteiger partial charge in [-0.05, 0) is 23.1 Å². The van der Waals surface area contributed by atoms with Crippen LogP contribution in [0.4, 0.5) is 0 Å². The summed E-state index contributed by atoms with van der Waals surface area (Å²) in [4.78, 5) is 0. The molecule has 5 heteroatoms. The van der Waals surface area contributed by atoms with Crippen LogP contribution >= 0.6 is 11.8 Å². The average Bonchev–Trinajstić information content (AvgIpc) is 2.25. The van der Waals surface area contributed by atoms with Gasteiger partial charge in [0, 0.05) is 10.5 Å². The normalized spacial score (nSPS) is 13.2. The lowest BCUT2D eigenvalue weighted by Crippen LogP contribution is -2.18. The molecule has 0 aliphatic rings. The first-order valence-corrected chi connectivity index (χ1v) is 9.62. The maximum absolute atomic E-state index is 11.9. The van der Waals surface area contributed by atoms with E-state index >= 15 is 0 Å². The van der Waals surface area contributed by atoms with E-state index in [1.165, 1.54) is 0 Å². The van der Waals surface area contributed by atoms with Gasteiger partial charge in [-0.25, -0.2) is 0 Å². The largest absolute Gasteiger partial charge is 0.382 e. The Balaban J connectivity index is 2.63. The fourth-order valence-electron chi connectivity index (χ4n) is 1.65. The summed E-state index contributed by atoms with van der Waals surface area (Å²) in [6, 6.07) is 7.26. The molecule has 0 saturated carbocycles. The highest BCUT2D eigenvalue weighted by molar-refractivity contribution is 8.01. The fourth-order valence-corrected chi connectivity index (χ4v) is 3.90. The SMILES string of the molecule is CC(C)(C)SCCS(=O)(=O)Oc1ccc(C(C)(C)C)cc1. The number of hydrogen-bond donors (Lipinski definition) is 0. The highest BCUT2D eigenvalue weighted by atomic mass is 32.2. The predicted molar refractivity (Wildman–Crippen MR) is 91.8 cm³/mol. The molecule has 21 heavy (non-hydrogen) atoms. The second-order valence-corrected chi connectivity index (χ2v) is 10.7. The van der Waals surface area contributed by atoms with Crippen molar-refractivity contribution in [1.82, 2.24) is 0 Å². The molecule has 0 atom stereocenters. The van der Waals surface area contributed by atoms with Crippen molar-refractivity contribution in [2.75, 3.05) is 11.5 Å². The first-order valence-electron chi connectivity index (χ1n) is 7.06. The number of benzene rings is 1. The molecule has 0 spiro atoms. The summed E-state index contributed by atoms with van der Waals surface area (Å²) < 4.78 is 29.1. The molecular weight excluding hydrogens is 304 g/mol. The van der Waals surface area contributed by atoms with E-state index in [2.05, 4.69) is 41.5 Å². The van der Waals surface area contributed by atoms with E-state index in [4.69, 9.17) is 4.18 Å². The monoisotopic (exact) mass is 330 g/mol. The third-order valence-electron chi connectivity index (χ3n) is 2.81. The first kappa shape index (κ1) is 18.4. The van der Waals surface area contributed by atoms with Crippen molar-refractivity contribution in [2.45, 2.75) is 51.7 Å². The molecule has 0 N–H and O–H groups in total. The third kappa shape index (κ3) is 7.23. The molecule has 0 aliphatic heterocycles.